The first kappa shape index (κ1) is 101. The molecule has 1 fully saturated rings. The van der Waals surface area contributed by atoms with Crippen LogP contribution in [0.5, 0.6) is 0 Å². The van der Waals surface area contributed by atoms with Crippen LogP contribution in [0.2, 0.25) is 0 Å². The second kappa shape index (κ2) is 41.6. The molecule has 1 saturated heterocycles. The van der Waals surface area contributed by atoms with Crippen LogP contribution >= 0.6 is 0 Å². The summed E-state index contributed by atoms with van der Waals surface area (Å²) in [7, 11) is 0. The largest absolute Gasteiger partial charge is 0.460 e. The van der Waals surface area contributed by atoms with E-state index in [2.05, 4.69) is 21.3 Å². The van der Waals surface area contributed by atoms with Crippen LogP contribution in [-0.4, -0.2) is 180 Å². The molecule has 1 rings (SSSR count). The van der Waals surface area contributed by atoms with Gasteiger partial charge in [0.05, 0.1) is 0 Å². The van der Waals surface area contributed by atoms with Crippen molar-refractivity contribution in [1.82, 2.24) is 26.2 Å². The van der Waals surface area contributed by atoms with Gasteiger partial charge in [-0.1, -0.05) is 0 Å². The summed E-state index contributed by atoms with van der Waals surface area (Å²) >= 11 is 0. The third kappa shape index (κ3) is 47.3. The van der Waals surface area contributed by atoms with Crippen molar-refractivity contribution in [3.63, 3.8) is 0 Å². The van der Waals surface area contributed by atoms with Gasteiger partial charge in [-0.25, -0.2) is 4.79 Å². The number of ether oxygens (including phenoxy) is 9. The lowest BCUT2D eigenvalue weighted by Gasteiger charge is -2.40. The first-order valence-corrected chi connectivity index (χ1v) is 39.0. The zero-order valence-electron chi connectivity index (χ0n) is 72.1. The molecule has 634 valence electrons. The van der Waals surface area contributed by atoms with Gasteiger partial charge in [0.15, 0.2) is 0 Å². The Bertz CT molecular complexity index is 2560. The minimum atomic E-state index is -1.83. The molecule has 110 heavy (non-hydrogen) atoms. The van der Waals surface area contributed by atoms with E-state index in [1.165, 1.54) is 4.90 Å². The average molecular weight is 1570 g/mol. The van der Waals surface area contributed by atoms with E-state index in [1.807, 2.05) is 0 Å². The Hall–Kier alpha value is -7.17. The molecule has 0 spiro atoms. The molecule has 1 aliphatic rings. The third-order valence-electron chi connectivity index (χ3n) is 16.8. The lowest BCUT2D eigenvalue weighted by molar-refractivity contribution is -0.158. The van der Waals surface area contributed by atoms with Crippen LogP contribution in [0.1, 0.15) is 341 Å². The molecule has 29 nitrogen and oxygen atoms in total. The van der Waals surface area contributed by atoms with Gasteiger partial charge in [0.1, 0.15) is 50.4 Å². The highest BCUT2D eigenvalue weighted by Crippen LogP contribution is 2.36. The fourth-order valence-corrected chi connectivity index (χ4v) is 12.3. The van der Waals surface area contributed by atoms with Gasteiger partial charge in [0, 0.05) is 124 Å². The lowest BCUT2D eigenvalue weighted by Crippen LogP contribution is -2.56. The second-order valence-electron chi connectivity index (χ2n) is 38.7. The van der Waals surface area contributed by atoms with Gasteiger partial charge < -0.3 is 80.3 Å². The van der Waals surface area contributed by atoms with Crippen molar-refractivity contribution < 1.29 is 105 Å². The maximum atomic E-state index is 15.5. The molecular weight excluding hydrogens is 1420 g/mol. The van der Waals surface area contributed by atoms with E-state index >= 15 is 19.2 Å². The van der Waals surface area contributed by atoms with E-state index in [4.69, 9.17) is 54.1 Å². The normalized spacial score (nSPS) is 15.1. The van der Waals surface area contributed by atoms with Crippen molar-refractivity contribution in [3.05, 3.63) is 0 Å². The Morgan fingerprint density at radius 1 is 0.236 bits per heavy atom. The maximum Gasteiger partial charge on any atom is 0.317 e. The molecule has 29 heteroatoms. The number of rotatable bonds is 40. The SMILES string of the molecule is CC(C)(C)OC(=O)CCC(CCC(=O)OC(C)(C)C)(CCC(=O)OC(C)(C)C)NC(=O)CCC(CCC(=O)NC(CCC(=O)OC(C)(C)C)(CCC(=O)OC(C)(C)C)CCC(=O)OC(C)(C)C)(CCC(=O)NC(CCC(=O)OC(C)(C)C)(CCC(=O)OC(C)(C)C)CCC(=O)OC(C)(C)C)NC(=O)N1C[C@@H](N)[C@H](N)C1. The number of carbonyl (C=O) groups excluding carboxylic acids is 13. The molecule has 0 aromatic heterocycles. The third-order valence-corrected chi connectivity index (χ3v) is 16.8. The number of urea groups is 1. The standard InChI is InChI=1S/C81H143N7O22/c1-69(2,3)102-59(92)31-43-78(44-32-60(93)103-70(4,5)6,45-33-61(94)104-71(7,8)9)84-56(89)28-40-81(87-68(101)88-52-54(82)55(83)53-88,41-29-57(90)85-79(46-34-62(95)105-72(10,11)12,47-35-63(96)106-73(13,14)15)48-36-64(97)107-74(16,17)18)42-30-58(91)86-80(49-37-65(98)108-75(19,20)21,50-38-66(99)109-76(22,23)24)51-39-67(100)110-77(25,26)27/h54-55H,28-53,82-83H2,1-27H3,(H,84,89)(H,85,90)(H,86,91)(H,87,101)/t54-,55-/m1/s1. The van der Waals surface area contributed by atoms with Crippen LogP contribution in [-0.2, 0) is 100 Å². The fraction of sp³-hybridized carbons (Fsp3) is 0.840. The molecule has 0 aromatic rings. The van der Waals surface area contributed by atoms with Crippen molar-refractivity contribution in [3.8, 4) is 0 Å². The minimum absolute atomic E-state index is 0.0507. The van der Waals surface area contributed by atoms with E-state index in [1.54, 1.807) is 187 Å². The number of hydrogen-bond donors (Lipinski definition) is 6. The smallest absolute Gasteiger partial charge is 0.317 e. The van der Waals surface area contributed by atoms with Crippen LogP contribution in [0.15, 0.2) is 0 Å². The summed E-state index contributed by atoms with van der Waals surface area (Å²) in [5, 5.41) is 12.4. The Balaban J connectivity index is 4.77. The van der Waals surface area contributed by atoms with Gasteiger partial charge in [-0.2, -0.15) is 0 Å². The Morgan fingerprint density at radius 2 is 0.364 bits per heavy atom. The molecule has 0 aliphatic carbocycles. The number of nitrogens with one attached hydrogen (secondary N) is 4. The van der Waals surface area contributed by atoms with E-state index < -0.39 is 181 Å². The summed E-state index contributed by atoms with van der Waals surface area (Å²) in [5.41, 5.74) is -2.08. The minimum Gasteiger partial charge on any atom is -0.460 e. The van der Waals surface area contributed by atoms with Gasteiger partial charge in [-0.15, -0.1) is 0 Å². The number of esters is 9. The van der Waals surface area contributed by atoms with Crippen LogP contribution in [0, 0.1) is 0 Å². The number of hydrogen-bond acceptors (Lipinski definition) is 24. The molecule has 2 atom stereocenters. The molecule has 1 aliphatic heterocycles. The highest BCUT2D eigenvalue weighted by Gasteiger charge is 2.44. The number of likely N-dealkylation sites (tertiary alicyclic amines) is 1. The Kier molecular flexibility index (Phi) is 38.1. The lowest BCUT2D eigenvalue weighted by atomic mass is 9.80. The van der Waals surface area contributed by atoms with Crippen molar-refractivity contribution >= 4 is 77.5 Å². The second-order valence-corrected chi connectivity index (χ2v) is 38.7. The quantitative estimate of drug-likeness (QED) is 0.0245. The van der Waals surface area contributed by atoms with Crippen LogP contribution in [0.25, 0.3) is 0 Å². The Morgan fingerprint density at radius 3 is 0.500 bits per heavy atom. The molecule has 0 saturated carbocycles. The van der Waals surface area contributed by atoms with Crippen LogP contribution < -0.4 is 32.7 Å². The van der Waals surface area contributed by atoms with E-state index in [-0.39, 0.29) is 148 Å². The summed E-state index contributed by atoms with van der Waals surface area (Å²) < 4.78 is 51.5. The number of nitrogens with two attached hydrogens (primary N) is 2. The zero-order valence-corrected chi connectivity index (χ0v) is 72.1. The molecule has 0 aromatic carbocycles. The monoisotopic (exact) mass is 1570 g/mol. The molecule has 0 unspecified atom stereocenters. The fourth-order valence-electron chi connectivity index (χ4n) is 12.3. The molecule has 1 heterocycles. The molecule has 5 amide bonds. The highest BCUT2D eigenvalue weighted by molar-refractivity contribution is 5.82. The summed E-state index contributed by atoms with van der Waals surface area (Å²) in [4.78, 5) is 186. The van der Waals surface area contributed by atoms with Gasteiger partial charge in [-0.3, -0.25) is 57.5 Å². The number of nitrogens with zero attached hydrogens (tertiary/aromatic N) is 1. The summed E-state index contributed by atoms with van der Waals surface area (Å²) in [6.45, 7) is 45.3. The van der Waals surface area contributed by atoms with Gasteiger partial charge in [0.25, 0.3) is 0 Å². The zero-order chi connectivity index (χ0) is 85.3. The first-order chi connectivity index (χ1) is 49.5. The average Bonchev–Trinajstić information content (AvgIpc) is 1.77. The van der Waals surface area contributed by atoms with Gasteiger partial charge >= 0.3 is 59.8 Å². The van der Waals surface area contributed by atoms with Gasteiger partial charge in [0.2, 0.25) is 17.7 Å². The van der Waals surface area contributed by atoms with Crippen molar-refractivity contribution in [2.24, 2.45) is 11.5 Å². The van der Waals surface area contributed by atoms with Crippen LogP contribution in [0.4, 0.5) is 4.79 Å². The first-order valence-electron chi connectivity index (χ1n) is 39.0. The van der Waals surface area contributed by atoms with Gasteiger partial charge in [-0.05, 0) is 264 Å². The summed E-state index contributed by atoms with van der Waals surface area (Å²) in [5.74, 6) is -8.12. The van der Waals surface area contributed by atoms with Crippen molar-refractivity contribution in [2.45, 2.75) is 426 Å². The van der Waals surface area contributed by atoms with E-state index in [0.717, 1.165) is 0 Å². The molecular formula is C81H143N7O22. The topological polar surface area (TPSA) is 408 Å². The molecule has 0 bridgehead atoms. The van der Waals surface area contributed by atoms with Crippen molar-refractivity contribution in [2.75, 3.05) is 13.1 Å². The number of amides is 5. The van der Waals surface area contributed by atoms with E-state index in [9.17, 15) is 43.2 Å². The summed E-state index contributed by atoms with van der Waals surface area (Å²) in [6.07, 6.45) is -7.15. The Labute approximate surface area is 656 Å². The predicted molar refractivity (Wildman–Crippen MR) is 415 cm³/mol. The highest BCUT2D eigenvalue weighted by atomic mass is 16.6. The maximum absolute atomic E-state index is 15.5. The molecule has 8 N–H and O–H groups in total. The number of carbonyl (C=O) groups is 13. The van der Waals surface area contributed by atoms with E-state index in [0.29, 0.717) is 0 Å². The predicted octanol–water partition coefficient (Wildman–Crippen LogP) is 11.4. The van der Waals surface area contributed by atoms with Crippen molar-refractivity contribution in [1.29, 1.82) is 0 Å². The molecule has 0 radical (unpaired) electrons. The summed E-state index contributed by atoms with van der Waals surface area (Å²) in [6, 6.07) is -2.16. The van der Waals surface area contributed by atoms with Crippen LogP contribution in [0.3, 0.4) is 0 Å².